The topological polar surface area (TPSA) is 63.2 Å². The third-order valence-electron chi connectivity index (χ3n) is 4.89. The van der Waals surface area contributed by atoms with Crippen molar-refractivity contribution in [3.05, 3.63) is 22.7 Å². The Morgan fingerprint density at radius 1 is 1.19 bits per heavy atom. The van der Waals surface area contributed by atoms with Gasteiger partial charge in [0.2, 0.25) is 0 Å². The quantitative estimate of drug-likeness (QED) is 0.675. The predicted molar refractivity (Wildman–Crippen MR) is 99.7 cm³/mol. The van der Waals surface area contributed by atoms with Gasteiger partial charge in [-0.15, -0.1) is 0 Å². The van der Waals surface area contributed by atoms with E-state index in [1.807, 2.05) is 13.8 Å². The molecule has 0 amide bonds. The Morgan fingerprint density at radius 3 is 2.56 bits per heavy atom. The first-order valence-electron chi connectivity index (χ1n) is 9.97. The molecule has 0 N–H and O–H groups in total. The molecule has 6 nitrogen and oxygen atoms in total. The smallest absolute Gasteiger partial charge is 0.334 e. The van der Waals surface area contributed by atoms with Crippen molar-refractivity contribution in [1.29, 1.82) is 0 Å². The fourth-order valence-electron chi connectivity index (χ4n) is 3.39. The minimum atomic E-state index is -0.278. The maximum Gasteiger partial charge on any atom is 0.334 e. The molecule has 0 aromatic rings. The lowest BCUT2D eigenvalue weighted by Crippen LogP contribution is -2.31. The third-order valence-corrected chi connectivity index (χ3v) is 4.89. The molecule has 6 heteroatoms. The first kappa shape index (κ1) is 20.2. The van der Waals surface area contributed by atoms with Gasteiger partial charge in [-0.2, -0.15) is 0 Å². The van der Waals surface area contributed by atoms with E-state index in [0.29, 0.717) is 44.2 Å². The first-order valence-corrected chi connectivity index (χ1v) is 9.97. The molecular formula is C21H32O6. The molecular weight excluding hydrogens is 348 g/mol. The summed E-state index contributed by atoms with van der Waals surface area (Å²) in [6, 6.07) is 0. The Labute approximate surface area is 161 Å². The summed E-state index contributed by atoms with van der Waals surface area (Å²) in [6.45, 7) is 10.3. The van der Waals surface area contributed by atoms with Gasteiger partial charge in [0.15, 0.2) is 6.29 Å². The number of esters is 1. The molecule has 3 aliphatic rings. The van der Waals surface area contributed by atoms with Gasteiger partial charge in [-0.25, -0.2) is 4.79 Å². The van der Waals surface area contributed by atoms with E-state index >= 15 is 0 Å². The van der Waals surface area contributed by atoms with Gasteiger partial charge in [-0.1, -0.05) is 13.8 Å². The SMILES string of the molecule is CC(C)OC(=O)C1=C(COC2CCCCO2)CC(=C2OCC(C)(C)CO2)C1. The lowest BCUT2D eigenvalue weighted by molar-refractivity contribution is -0.157. The van der Waals surface area contributed by atoms with Crippen LogP contribution in [0.5, 0.6) is 0 Å². The van der Waals surface area contributed by atoms with Gasteiger partial charge in [-0.3, -0.25) is 0 Å². The lowest BCUT2D eigenvalue weighted by Gasteiger charge is -2.32. The predicted octanol–water partition coefficient (Wildman–Crippen LogP) is 3.86. The van der Waals surface area contributed by atoms with Crippen molar-refractivity contribution in [3.63, 3.8) is 0 Å². The monoisotopic (exact) mass is 380 g/mol. The Hall–Kier alpha value is -1.53. The summed E-state index contributed by atoms with van der Waals surface area (Å²) in [5, 5.41) is 0. The lowest BCUT2D eigenvalue weighted by atomic mass is 9.96. The Morgan fingerprint density at radius 2 is 1.93 bits per heavy atom. The Kier molecular flexibility index (Phi) is 6.48. The molecule has 0 aromatic heterocycles. The maximum absolute atomic E-state index is 12.6. The van der Waals surface area contributed by atoms with Crippen LogP contribution in [0.1, 0.15) is 59.8 Å². The van der Waals surface area contributed by atoms with E-state index in [0.717, 1.165) is 37.0 Å². The molecule has 3 rings (SSSR count). The highest BCUT2D eigenvalue weighted by molar-refractivity contribution is 5.91. The highest BCUT2D eigenvalue weighted by Gasteiger charge is 2.33. The summed E-state index contributed by atoms with van der Waals surface area (Å²) < 4.78 is 28.7. The Balaban J connectivity index is 1.69. The van der Waals surface area contributed by atoms with Crippen LogP contribution in [0, 0.1) is 5.41 Å². The molecule has 2 saturated heterocycles. The van der Waals surface area contributed by atoms with Crippen LogP contribution in [0.4, 0.5) is 0 Å². The molecule has 2 fully saturated rings. The summed E-state index contributed by atoms with van der Waals surface area (Å²) in [4.78, 5) is 12.6. The molecule has 2 heterocycles. The normalized spacial score (nSPS) is 25.4. The second-order valence-electron chi connectivity index (χ2n) is 8.63. The minimum Gasteiger partial charge on any atom is -0.465 e. The molecule has 27 heavy (non-hydrogen) atoms. The number of carbonyl (C=O) groups is 1. The molecule has 2 aliphatic heterocycles. The average molecular weight is 380 g/mol. The number of hydrogen-bond acceptors (Lipinski definition) is 6. The van der Waals surface area contributed by atoms with E-state index in [4.69, 9.17) is 23.7 Å². The zero-order valence-corrected chi connectivity index (χ0v) is 17.0. The first-order chi connectivity index (χ1) is 12.8. The Bertz CT molecular complexity index is 598. The summed E-state index contributed by atoms with van der Waals surface area (Å²) >= 11 is 0. The van der Waals surface area contributed by atoms with Crippen LogP contribution in [0.3, 0.4) is 0 Å². The summed E-state index contributed by atoms with van der Waals surface area (Å²) in [7, 11) is 0. The summed E-state index contributed by atoms with van der Waals surface area (Å²) in [6.07, 6.45) is 3.85. The largest absolute Gasteiger partial charge is 0.465 e. The van der Waals surface area contributed by atoms with Crippen LogP contribution in [-0.4, -0.2) is 44.8 Å². The van der Waals surface area contributed by atoms with Crippen molar-refractivity contribution in [3.8, 4) is 0 Å². The highest BCUT2D eigenvalue weighted by atomic mass is 16.7. The molecule has 0 bridgehead atoms. The van der Waals surface area contributed by atoms with Crippen molar-refractivity contribution in [2.75, 3.05) is 26.4 Å². The van der Waals surface area contributed by atoms with Crippen LogP contribution in [0.2, 0.25) is 0 Å². The van der Waals surface area contributed by atoms with Crippen molar-refractivity contribution in [2.45, 2.75) is 72.2 Å². The summed E-state index contributed by atoms with van der Waals surface area (Å²) in [5.74, 6) is 0.285. The van der Waals surface area contributed by atoms with Gasteiger partial charge in [-0.05, 0) is 45.1 Å². The standard InChI is InChI=1S/C21H32O6/c1-14(2)27-19(22)17-10-15(20-25-12-21(3,4)13-26-20)9-16(17)11-24-18-7-5-6-8-23-18/h14,18H,5-13H2,1-4H3. The second-order valence-corrected chi connectivity index (χ2v) is 8.63. The molecule has 1 unspecified atom stereocenters. The van der Waals surface area contributed by atoms with Crippen LogP contribution < -0.4 is 0 Å². The molecule has 0 radical (unpaired) electrons. The number of hydrogen-bond donors (Lipinski definition) is 0. The number of carbonyl (C=O) groups excluding carboxylic acids is 1. The van der Waals surface area contributed by atoms with Crippen LogP contribution in [0.15, 0.2) is 22.7 Å². The van der Waals surface area contributed by atoms with Gasteiger partial charge < -0.3 is 23.7 Å². The molecule has 0 saturated carbocycles. The van der Waals surface area contributed by atoms with Crippen molar-refractivity contribution in [1.82, 2.24) is 0 Å². The van der Waals surface area contributed by atoms with Gasteiger partial charge in [0, 0.05) is 29.6 Å². The van der Waals surface area contributed by atoms with E-state index in [1.165, 1.54) is 0 Å². The van der Waals surface area contributed by atoms with Crippen molar-refractivity contribution in [2.24, 2.45) is 5.41 Å². The number of ether oxygens (including phenoxy) is 5. The van der Waals surface area contributed by atoms with Crippen molar-refractivity contribution >= 4 is 5.97 Å². The van der Waals surface area contributed by atoms with Gasteiger partial charge >= 0.3 is 5.97 Å². The van der Waals surface area contributed by atoms with Crippen LogP contribution >= 0.6 is 0 Å². The maximum atomic E-state index is 12.6. The van der Waals surface area contributed by atoms with E-state index in [1.54, 1.807) is 0 Å². The molecule has 0 aromatic carbocycles. The summed E-state index contributed by atoms with van der Waals surface area (Å²) in [5.41, 5.74) is 2.59. The third kappa shape index (κ3) is 5.48. The van der Waals surface area contributed by atoms with Crippen molar-refractivity contribution < 1.29 is 28.5 Å². The zero-order valence-electron chi connectivity index (χ0n) is 17.0. The highest BCUT2D eigenvalue weighted by Crippen LogP contribution is 2.37. The average Bonchev–Trinajstić information content (AvgIpc) is 3.04. The van der Waals surface area contributed by atoms with E-state index in [2.05, 4.69) is 13.8 Å². The van der Waals surface area contributed by atoms with Gasteiger partial charge in [0.05, 0.1) is 25.9 Å². The minimum absolute atomic E-state index is 0.000240. The molecule has 1 aliphatic carbocycles. The van der Waals surface area contributed by atoms with E-state index in [9.17, 15) is 4.79 Å². The van der Waals surface area contributed by atoms with Gasteiger partial charge in [0.25, 0.3) is 5.95 Å². The number of rotatable bonds is 5. The van der Waals surface area contributed by atoms with Gasteiger partial charge in [0.1, 0.15) is 0 Å². The zero-order chi connectivity index (χ0) is 19.4. The molecule has 1 atom stereocenters. The fourth-order valence-corrected chi connectivity index (χ4v) is 3.39. The van der Waals surface area contributed by atoms with Crippen LogP contribution in [0.25, 0.3) is 0 Å². The second kappa shape index (κ2) is 8.65. The fraction of sp³-hybridized carbons (Fsp3) is 0.762. The molecule has 152 valence electrons. The molecule has 0 spiro atoms. The van der Waals surface area contributed by atoms with Crippen LogP contribution in [-0.2, 0) is 28.5 Å². The number of allylic oxidation sites excluding steroid dienone is 1. The van der Waals surface area contributed by atoms with E-state index in [-0.39, 0.29) is 23.8 Å². The van der Waals surface area contributed by atoms with E-state index < -0.39 is 0 Å².